The molecule has 2 aliphatic rings. The Labute approximate surface area is 294 Å². The lowest BCUT2D eigenvalue weighted by molar-refractivity contribution is -0.131. The Kier molecular flexibility index (Phi) is 14.0. The number of aromatic nitrogens is 3. The van der Waals surface area contributed by atoms with Crippen molar-refractivity contribution in [3.8, 4) is 5.75 Å². The number of aromatic amines is 1. The molecular formula is C37H52N8O5. The molecule has 1 aliphatic heterocycles. The highest BCUT2D eigenvalue weighted by Crippen LogP contribution is 2.28. The number of nitrogens with zero attached hydrogens (tertiary/aromatic N) is 3. The predicted molar refractivity (Wildman–Crippen MR) is 189 cm³/mol. The van der Waals surface area contributed by atoms with Crippen molar-refractivity contribution in [2.75, 3.05) is 19.7 Å². The molecule has 5 rings (SSSR count). The molecular weight excluding hydrogens is 636 g/mol. The van der Waals surface area contributed by atoms with Gasteiger partial charge in [0, 0.05) is 57.0 Å². The van der Waals surface area contributed by atoms with Crippen LogP contribution in [0.2, 0.25) is 0 Å². The van der Waals surface area contributed by atoms with E-state index in [0.29, 0.717) is 56.1 Å². The lowest BCUT2D eigenvalue weighted by Gasteiger charge is -2.33. The van der Waals surface area contributed by atoms with Crippen LogP contribution in [0.3, 0.4) is 0 Å². The smallest absolute Gasteiger partial charge is 0.318 e. The van der Waals surface area contributed by atoms with Gasteiger partial charge in [0.15, 0.2) is 0 Å². The molecule has 1 aliphatic carbocycles. The fourth-order valence-electron chi connectivity index (χ4n) is 6.81. The van der Waals surface area contributed by atoms with Crippen LogP contribution in [0.15, 0.2) is 67.4 Å². The molecule has 4 atom stereocenters. The van der Waals surface area contributed by atoms with Gasteiger partial charge in [-0.15, -0.1) is 0 Å². The molecule has 0 bridgehead atoms. The molecule has 4 amide bonds. The van der Waals surface area contributed by atoms with Crippen LogP contribution >= 0.6 is 0 Å². The first-order valence-electron chi connectivity index (χ1n) is 18.0. The van der Waals surface area contributed by atoms with E-state index in [1.807, 2.05) is 30.3 Å². The molecule has 50 heavy (non-hydrogen) atoms. The summed E-state index contributed by atoms with van der Waals surface area (Å²) in [5, 5.41) is 20.4. The highest BCUT2D eigenvalue weighted by molar-refractivity contribution is 5.92. The van der Waals surface area contributed by atoms with E-state index >= 15 is 0 Å². The number of piperidine rings is 1. The molecule has 1 saturated carbocycles. The maximum Gasteiger partial charge on any atom is 0.318 e. The molecule has 2 fully saturated rings. The molecule has 3 heterocycles. The summed E-state index contributed by atoms with van der Waals surface area (Å²) in [7, 11) is 0. The number of urea groups is 1. The lowest BCUT2D eigenvalue weighted by Crippen LogP contribution is -2.59. The van der Waals surface area contributed by atoms with Crippen molar-refractivity contribution in [1.82, 2.24) is 35.8 Å². The van der Waals surface area contributed by atoms with E-state index < -0.39 is 36.0 Å². The van der Waals surface area contributed by atoms with Gasteiger partial charge in [0.1, 0.15) is 17.8 Å². The summed E-state index contributed by atoms with van der Waals surface area (Å²) in [6.07, 6.45) is 13.8. The highest BCUT2D eigenvalue weighted by atomic mass is 16.5. The number of amides is 4. The largest absolute Gasteiger partial charge is 0.493 e. The van der Waals surface area contributed by atoms with Crippen LogP contribution in [-0.2, 0) is 22.4 Å². The van der Waals surface area contributed by atoms with Crippen molar-refractivity contribution in [1.29, 1.82) is 0 Å². The number of nitrogens with one attached hydrogen (secondary N) is 4. The highest BCUT2D eigenvalue weighted by Gasteiger charge is 2.33. The van der Waals surface area contributed by atoms with Gasteiger partial charge in [0.05, 0.1) is 30.8 Å². The van der Waals surface area contributed by atoms with Gasteiger partial charge in [-0.3, -0.25) is 14.6 Å². The zero-order chi connectivity index (χ0) is 35.1. The van der Waals surface area contributed by atoms with Crippen molar-refractivity contribution in [3.63, 3.8) is 0 Å². The molecule has 0 unspecified atom stereocenters. The van der Waals surface area contributed by atoms with Crippen LogP contribution in [0.25, 0.3) is 0 Å². The number of benzene rings is 1. The molecule has 3 aromatic rings. The molecule has 13 nitrogen and oxygen atoms in total. The number of hydrogen-bond donors (Lipinski definition) is 6. The van der Waals surface area contributed by atoms with Crippen molar-refractivity contribution in [2.45, 2.75) is 101 Å². The second kappa shape index (κ2) is 19.0. The third-order valence-electron chi connectivity index (χ3n) is 9.76. The number of aliphatic hydroxyl groups excluding tert-OH is 1. The first kappa shape index (κ1) is 36.8. The summed E-state index contributed by atoms with van der Waals surface area (Å²) < 4.78 is 5.82. The van der Waals surface area contributed by atoms with Crippen molar-refractivity contribution in [2.24, 2.45) is 11.7 Å². The van der Waals surface area contributed by atoms with Gasteiger partial charge in [-0.1, -0.05) is 62.4 Å². The minimum Gasteiger partial charge on any atom is -0.493 e. The maximum absolute atomic E-state index is 14.1. The fourth-order valence-corrected chi connectivity index (χ4v) is 6.81. The first-order chi connectivity index (χ1) is 24.3. The van der Waals surface area contributed by atoms with Crippen molar-refractivity contribution >= 4 is 17.8 Å². The summed E-state index contributed by atoms with van der Waals surface area (Å²) in [6, 6.07) is 10.2. The number of nitrogens with two attached hydrogens (primary N) is 1. The second-order valence-corrected chi connectivity index (χ2v) is 13.6. The summed E-state index contributed by atoms with van der Waals surface area (Å²) in [5.74, 6) is 0.120. The van der Waals surface area contributed by atoms with Crippen LogP contribution in [0.5, 0.6) is 5.75 Å². The van der Waals surface area contributed by atoms with Crippen LogP contribution in [0, 0.1) is 5.92 Å². The number of carbonyl (C=O) groups excluding carboxylic acids is 3. The Hall–Kier alpha value is -4.49. The topological polar surface area (TPSA) is 188 Å². The minimum absolute atomic E-state index is 0.0539. The Morgan fingerprint density at radius 3 is 2.32 bits per heavy atom. The molecule has 7 N–H and O–H groups in total. The number of likely N-dealkylation sites (tertiary alicyclic amines) is 1. The van der Waals surface area contributed by atoms with Crippen LogP contribution in [0.1, 0.15) is 69.0 Å². The van der Waals surface area contributed by atoms with Gasteiger partial charge in [-0.05, 0) is 42.9 Å². The Morgan fingerprint density at radius 1 is 0.920 bits per heavy atom. The van der Waals surface area contributed by atoms with Crippen molar-refractivity contribution < 1.29 is 24.2 Å². The molecule has 270 valence electrons. The molecule has 1 saturated heterocycles. The third-order valence-corrected chi connectivity index (χ3v) is 9.76. The van der Waals surface area contributed by atoms with Gasteiger partial charge in [-0.25, -0.2) is 9.78 Å². The summed E-state index contributed by atoms with van der Waals surface area (Å²) in [4.78, 5) is 54.4. The third kappa shape index (κ3) is 11.5. The fraction of sp³-hybridized carbons (Fsp3) is 0.541. The number of rotatable bonds is 16. The van der Waals surface area contributed by atoms with E-state index in [1.54, 1.807) is 35.6 Å². The van der Waals surface area contributed by atoms with Gasteiger partial charge in [0.2, 0.25) is 11.8 Å². The zero-order valence-electron chi connectivity index (χ0n) is 28.7. The van der Waals surface area contributed by atoms with Gasteiger partial charge in [0.25, 0.3) is 0 Å². The van der Waals surface area contributed by atoms with Crippen LogP contribution in [0.4, 0.5) is 4.79 Å². The van der Waals surface area contributed by atoms with Crippen molar-refractivity contribution in [3.05, 3.63) is 78.6 Å². The molecule has 1 aromatic carbocycles. The Bertz CT molecular complexity index is 1450. The molecule has 0 radical (unpaired) electrons. The normalized spacial score (nSPS) is 18.0. The van der Waals surface area contributed by atoms with E-state index in [2.05, 4.69) is 30.9 Å². The van der Waals surface area contributed by atoms with E-state index in [-0.39, 0.29) is 31.5 Å². The monoisotopic (exact) mass is 688 g/mol. The number of hydrogen-bond acceptors (Lipinski definition) is 8. The average Bonchev–Trinajstić information content (AvgIpc) is 3.65. The Morgan fingerprint density at radius 2 is 1.62 bits per heavy atom. The Balaban J connectivity index is 1.30. The van der Waals surface area contributed by atoms with E-state index in [4.69, 9.17) is 10.5 Å². The summed E-state index contributed by atoms with van der Waals surface area (Å²) in [6.45, 7) is 1.28. The van der Waals surface area contributed by atoms with Gasteiger partial charge < -0.3 is 41.4 Å². The standard InChI is InChI=1S/C37H52N8O5/c38-28-13-18-45(19-14-28)37(49)44-32(22-27-9-5-2-6-10-27)35(47)43-33(23-29-24-40-25-41-29)36(48)42-31(21-26-7-3-1-4-8-26)34(46)15-20-50-30-11-16-39-17-12-30/h2,5-6,9-12,16-17,24-26,28,31-34,46H,1,3-4,7-8,13-15,18-23,38H2,(H,40,41)(H,42,48)(H,43,47)(H,44,49)/t31-,32-,33-,34-/m0/s1. The first-order valence-corrected chi connectivity index (χ1v) is 18.0. The molecule has 0 spiro atoms. The zero-order valence-corrected chi connectivity index (χ0v) is 28.7. The van der Waals surface area contributed by atoms with E-state index in [9.17, 15) is 19.5 Å². The minimum atomic E-state index is -1.01. The van der Waals surface area contributed by atoms with E-state index in [1.165, 1.54) is 12.7 Å². The number of ether oxygens (including phenoxy) is 1. The van der Waals surface area contributed by atoms with Crippen LogP contribution < -0.4 is 26.4 Å². The predicted octanol–water partition coefficient (Wildman–Crippen LogP) is 2.86. The number of H-pyrrole nitrogens is 1. The molecule has 13 heteroatoms. The molecule has 2 aromatic heterocycles. The van der Waals surface area contributed by atoms with Gasteiger partial charge >= 0.3 is 6.03 Å². The second-order valence-electron chi connectivity index (χ2n) is 13.6. The number of pyridine rings is 1. The quantitative estimate of drug-likeness (QED) is 0.133. The summed E-state index contributed by atoms with van der Waals surface area (Å²) >= 11 is 0. The number of carbonyl (C=O) groups is 3. The number of aliphatic hydroxyl groups is 1. The average molecular weight is 689 g/mol. The maximum atomic E-state index is 14.1. The van der Waals surface area contributed by atoms with Gasteiger partial charge in [-0.2, -0.15) is 0 Å². The number of imidazole rings is 1. The van der Waals surface area contributed by atoms with E-state index in [0.717, 1.165) is 31.2 Å². The van der Waals surface area contributed by atoms with Crippen LogP contribution in [-0.4, -0.2) is 92.8 Å². The lowest BCUT2D eigenvalue weighted by atomic mass is 9.83. The summed E-state index contributed by atoms with van der Waals surface area (Å²) in [5.41, 5.74) is 7.51. The SMILES string of the molecule is NC1CCN(C(=O)N[C@@H](Cc2ccccc2)C(=O)N[C@@H](Cc2c[nH]cn2)C(=O)N[C@@H](CC2CCCCC2)[C@@H](O)CCOc2ccncc2)CC1.